The number of hydrogen-bond donors (Lipinski definition) is 1. The van der Waals surface area contributed by atoms with Crippen LogP contribution in [0.15, 0.2) is 42.5 Å². The Kier molecular flexibility index (Phi) is 5.23. The van der Waals surface area contributed by atoms with Crippen LogP contribution in [-0.2, 0) is 0 Å². The number of methoxy groups -OCH3 is 2. The molecular weight excluding hydrogens is 262 g/mol. The monoisotopic (exact) mass is 285 g/mol. The molecule has 2 rings (SSSR count). The first-order valence-electron chi connectivity index (χ1n) is 7.26. The predicted octanol–water partition coefficient (Wildman–Crippen LogP) is 4.04. The molecule has 0 saturated heterocycles. The second kappa shape index (κ2) is 7.14. The van der Waals surface area contributed by atoms with Crippen LogP contribution in [0.5, 0.6) is 11.5 Å². The highest BCUT2D eigenvalue weighted by atomic mass is 16.5. The van der Waals surface area contributed by atoms with E-state index in [1.54, 1.807) is 14.2 Å². The highest BCUT2D eigenvalue weighted by Gasteiger charge is 2.12. The van der Waals surface area contributed by atoms with E-state index in [1.165, 1.54) is 11.1 Å². The minimum absolute atomic E-state index is 0.305. The lowest BCUT2D eigenvalue weighted by Gasteiger charge is -2.18. The Morgan fingerprint density at radius 2 is 1.71 bits per heavy atom. The van der Waals surface area contributed by atoms with Crippen molar-refractivity contribution in [3.63, 3.8) is 0 Å². The fourth-order valence-electron chi connectivity index (χ4n) is 2.56. The number of benzene rings is 2. The van der Waals surface area contributed by atoms with Crippen LogP contribution in [0, 0.1) is 0 Å². The van der Waals surface area contributed by atoms with Gasteiger partial charge in [-0.15, -0.1) is 0 Å². The van der Waals surface area contributed by atoms with Crippen LogP contribution >= 0.6 is 0 Å². The van der Waals surface area contributed by atoms with Crippen molar-refractivity contribution in [1.29, 1.82) is 0 Å². The Hall–Kier alpha value is -2.00. The summed E-state index contributed by atoms with van der Waals surface area (Å²) in [5, 5.41) is 3.47. The molecule has 0 spiro atoms. The van der Waals surface area contributed by atoms with Crippen molar-refractivity contribution in [3.05, 3.63) is 48.0 Å². The summed E-state index contributed by atoms with van der Waals surface area (Å²) in [7, 11) is 3.31. The molecule has 112 valence electrons. The van der Waals surface area contributed by atoms with Gasteiger partial charge in [0.15, 0.2) is 11.5 Å². The molecule has 1 unspecified atom stereocenters. The van der Waals surface area contributed by atoms with E-state index in [9.17, 15) is 0 Å². The van der Waals surface area contributed by atoms with E-state index < -0.39 is 0 Å². The molecule has 0 amide bonds. The standard InChI is InChI=1S/C18H23NO2/c1-5-19-13(2)15-8-6-7-9-16(15)14-10-11-17(20-3)18(12-14)21-4/h6-13,19H,5H2,1-4H3. The molecule has 3 nitrogen and oxygen atoms in total. The molecule has 0 aromatic heterocycles. The van der Waals surface area contributed by atoms with Gasteiger partial charge in [-0.2, -0.15) is 0 Å². The second-order valence-electron chi connectivity index (χ2n) is 4.94. The molecule has 1 N–H and O–H groups in total. The Bertz CT molecular complexity index is 596. The molecule has 1 atom stereocenters. The lowest BCUT2D eigenvalue weighted by Crippen LogP contribution is -2.18. The predicted molar refractivity (Wildman–Crippen MR) is 87.1 cm³/mol. The van der Waals surface area contributed by atoms with Gasteiger partial charge in [0.1, 0.15) is 0 Å². The molecule has 2 aromatic rings. The van der Waals surface area contributed by atoms with E-state index in [-0.39, 0.29) is 0 Å². The third-order valence-electron chi connectivity index (χ3n) is 3.63. The third-order valence-corrected chi connectivity index (χ3v) is 3.63. The molecule has 0 aliphatic heterocycles. The maximum atomic E-state index is 5.41. The summed E-state index contributed by atoms with van der Waals surface area (Å²) in [4.78, 5) is 0. The van der Waals surface area contributed by atoms with Gasteiger partial charge in [0.2, 0.25) is 0 Å². The topological polar surface area (TPSA) is 30.5 Å². The van der Waals surface area contributed by atoms with E-state index in [4.69, 9.17) is 9.47 Å². The summed E-state index contributed by atoms with van der Waals surface area (Å²) in [6.07, 6.45) is 0. The number of hydrogen-bond acceptors (Lipinski definition) is 3. The van der Waals surface area contributed by atoms with Crippen molar-refractivity contribution in [2.75, 3.05) is 20.8 Å². The first kappa shape index (κ1) is 15.4. The maximum absolute atomic E-state index is 5.41. The van der Waals surface area contributed by atoms with E-state index in [0.29, 0.717) is 6.04 Å². The van der Waals surface area contributed by atoms with Crippen LogP contribution in [0.25, 0.3) is 11.1 Å². The van der Waals surface area contributed by atoms with Crippen LogP contribution in [0.2, 0.25) is 0 Å². The van der Waals surface area contributed by atoms with Gasteiger partial charge in [-0.3, -0.25) is 0 Å². The fraction of sp³-hybridized carbons (Fsp3) is 0.333. The summed E-state index contributed by atoms with van der Waals surface area (Å²) >= 11 is 0. The SMILES string of the molecule is CCNC(C)c1ccccc1-c1ccc(OC)c(OC)c1. The average molecular weight is 285 g/mol. The quantitative estimate of drug-likeness (QED) is 0.869. The highest BCUT2D eigenvalue weighted by Crippen LogP contribution is 2.35. The minimum Gasteiger partial charge on any atom is -0.493 e. The first-order chi connectivity index (χ1) is 10.2. The normalized spacial score (nSPS) is 12.0. The van der Waals surface area contributed by atoms with Crippen LogP contribution in [0.4, 0.5) is 0 Å². The third kappa shape index (κ3) is 3.37. The molecule has 2 aromatic carbocycles. The van der Waals surface area contributed by atoms with Gasteiger partial charge in [-0.1, -0.05) is 37.3 Å². The smallest absolute Gasteiger partial charge is 0.161 e. The van der Waals surface area contributed by atoms with Crippen molar-refractivity contribution in [3.8, 4) is 22.6 Å². The molecular formula is C18H23NO2. The van der Waals surface area contributed by atoms with Crippen LogP contribution in [-0.4, -0.2) is 20.8 Å². The highest BCUT2D eigenvalue weighted by molar-refractivity contribution is 5.70. The maximum Gasteiger partial charge on any atom is 0.161 e. The molecule has 0 aliphatic carbocycles. The van der Waals surface area contributed by atoms with Gasteiger partial charge < -0.3 is 14.8 Å². The van der Waals surface area contributed by atoms with Gasteiger partial charge >= 0.3 is 0 Å². The van der Waals surface area contributed by atoms with Crippen LogP contribution in [0.1, 0.15) is 25.5 Å². The number of rotatable bonds is 6. The van der Waals surface area contributed by atoms with E-state index >= 15 is 0 Å². The molecule has 0 aliphatic rings. The molecule has 0 heterocycles. The summed E-state index contributed by atoms with van der Waals surface area (Å²) in [5.74, 6) is 1.50. The lowest BCUT2D eigenvalue weighted by molar-refractivity contribution is 0.355. The zero-order valence-corrected chi connectivity index (χ0v) is 13.1. The second-order valence-corrected chi connectivity index (χ2v) is 4.94. The summed E-state index contributed by atoms with van der Waals surface area (Å²) < 4.78 is 10.7. The molecule has 0 bridgehead atoms. The zero-order valence-electron chi connectivity index (χ0n) is 13.1. The van der Waals surface area contributed by atoms with Crippen molar-refractivity contribution in [2.24, 2.45) is 0 Å². The molecule has 0 radical (unpaired) electrons. The van der Waals surface area contributed by atoms with E-state index in [2.05, 4.69) is 49.5 Å². The summed E-state index contributed by atoms with van der Waals surface area (Å²) in [5.41, 5.74) is 3.63. The van der Waals surface area contributed by atoms with Gasteiger partial charge in [0.05, 0.1) is 14.2 Å². The van der Waals surface area contributed by atoms with Crippen molar-refractivity contribution < 1.29 is 9.47 Å². The van der Waals surface area contributed by atoms with Gasteiger partial charge in [-0.05, 0) is 42.3 Å². The largest absolute Gasteiger partial charge is 0.493 e. The fourth-order valence-corrected chi connectivity index (χ4v) is 2.56. The van der Waals surface area contributed by atoms with Crippen molar-refractivity contribution in [1.82, 2.24) is 5.32 Å². The Labute approximate surface area is 126 Å². The van der Waals surface area contributed by atoms with Crippen molar-refractivity contribution >= 4 is 0 Å². The zero-order chi connectivity index (χ0) is 15.2. The molecule has 3 heteroatoms. The molecule has 0 fully saturated rings. The number of nitrogens with one attached hydrogen (secondary N) is 1. The van der Waals surface area contributed by atoms with E-state index in [1.807, 2.05) is 12.1 Å². The number of ether oxygens (including phenoxy) is 2. The summed E-state index contributed by atoms with van der Waals surface area (Å²) in [6.45, 7) is 5.25. The van der Waals surface area contributed by atoms with Crippen molar-refractivity contribution in [2.45, 2.75) is 19.9 Å². The molecule has 0 saturated carbocycles. The van der Waals surface area contributed by atoms with Gasteiger partial charge in [0.25, 0.3) is 0 Å². The Morgan fingerprint density at radius 3 is 2.38 bits per heavy atom. The summed E-state index contributed by atoms with van der Waals surface area (Å²) in [6, 6.07) is 14.8. The first-order valence-corrected chi connectivity index (χ1v) is 7.26. The van der Waals surface area contributed by atoms with E-state index in [0.717, 1.165) is 23.6 Å². The molecule has 21 heavy (non-hydrogen) atoms. The minimum atomic E-state index is 0.305. The lowest BCUT2D eigenvalue weighted by atomic mass is 9.95. The Balaban J connectivity index is 2.47. The van der Waals surface area contributed by atoms with Crippen LogP contribution < -0.4 is 14.8 Å². The van der Waals surface area contributed by atoms with Gasteiger partial charge in [-0.25, -0.2) is 0 Å². The van der Waals surface area contributed by atoms with Crippen LogP contribution in [0.3, 0.4) is 0 Å². The average Bonchev–Trinajstić information content (AvgIpc) is 2.54. The van der Waals surface area contributed by atoms with Gasteiger partial charge in [0, 0.05) is 6.04 Å². The Morgan fingerprint density at radius 1 is 1.00 bits per heavy atom.